The number of carbonyl (C=O) groups is 2. The lowest BCUT2D eigenvalue weighted by atomic mass is 10.4. The van der Waals surface area contributed by atoms with E-state index in [0.717, 1.165) is 0 Å². The molecule has 0 aromatic carbocycles. The largest absolute Gasteiger partial charge is 0.321 e. The maximum atomic E-state index is 10.6. The molecule has 0 fully saturated rings. The van der Waals surface area contributed by atoms with E-state index in [1.165, 1.54) is 17.7 Å². The van der Waals surface area contributed by atoms with Gasteiger partial charge in [-0.2, -0.15) is 0 Å². The minimum absolute atomic E-state index is 0.00565. The molecule has 1 aromatic heterocycles. The van der Waals surface area contributed by atoms with Gasteiger partial charge in [-0.25, -0.2) is 4.98 Å². The van der Waals surface area contributed by atoms with Crippen molar-refractivity contribution in [2.75, 3.05) is 0 Å². The van der Waals surface area contributed by atoms with Crippen molar-refractivity contribution in [1.82, 2.24) is 9.55 Å². The van der Waals surface area contributed by atoms with Crippen molar-refractivity contribution >= 4 is 12.1 Å². The highest BCUT2D eigenvalue weighted by Gasteiger charge is 2.01. The number of aromatic nitrogens is 2. The Kier molecular flexibility index (Phi) is 2.15. The molecule has 11 heavy (non-hydrogen) atoms. The number of ketones is 1. The number of Topliss-reactive ketones (excluding diaryl/α,β-unsaturated/α-hetero) is 1. The summed E-state index contributed by atoms with van der Waals surface area (Å²) in [5.41, 5.74) is 0. The van der Waals surface area contributed by atoms with Crippen LogP contribution in [0.15, 0.2) is 12.4 Å². The third-order valence-electron chi connectivity index (χ3n) is 1.25. The number of carbonyl (C=O) groups excluding carboxylic acids is 2. The molecule has 0 aliphatic rings. The van der Waals surface area contributed by atoms with Crippen molar-refractivity contribution < 1.29 is 9.59 Å². The van der Waals surface area contributed by atoms with Gasteiger partial charge in [0.1, 0.15) is 5.78 Å². The summed E-state index contributed by atoms with van der Waals surface area (Å²) in [6, 6.07) is 0. The van der Waals surface area contributed by atoms with E-state index >= 15 is 0 Å². The molecule has 0 atom stereocenters. The summed E-state index contributed by atoms with van der Waals surface area (Å²) in [6.45, 7) is 1.68. The number of rotatable bonds is 3. The zero-order chi connectivity index (χ0) is 8.27. The molecule has 0 spiro atoms. The van der Waals surface area contributed by atoms with Gasteiger partial charge in [0, 0.05) is 12.4 Å². The zero-order valence-corrected chi connectivity index (χ0v) is 6.15. The van der Waals surface area contributed by atoms with E-state index in [1.807, 2.05) is 0 Å². The molecule has 0 N–H and O–H groups in total. The van der Waals surface area contributed by atoms with E-state index < -0.39 is 0 Å². The third-order valence-corrected chi connectivity index (χ3v) is 1.25. The van der Waals surface area contributed by atoms with Gasteiger partial charge in [-0.15, -0.1) is 0 Å². The van der Waals surface area contributed by atoms with Gasteiger partial charge in [0.05, 0.1) is 6.54 Å². The molecule has 0 unspecified atom stereocenters. The molecule has 1 aromatic rings. The predicted molar refractivity (Wildman–Crippen MR) is 38.3 cm³/mol. The molecule has 0 bridgehead atoms. The van der Waals surface area contributed by atoms with Crippen molar-refractivity contribution in [3.05, 3.63) is 18.2 Å². The SMILES string of the molecule is CC(=O)Cn1ccnc1C=O. The average Bonchev–Trinajstić information content (AvgIpc) is 2.34. The molecule has 4 heteroatoms. The Bertz CT molecular complexity index is 278. The maximum absolute atomic E-state index is 10.6. The van der Waals surface area contributed by atoms with Crippen LogP contribution in [0, 0.1) is 0 Å². The van der Waals surface area contributed by atoms with Gasteiger partial charge in [0.15, 0.2) is 12.1 Å². The van der Waals surface area contributed by atoms with Crippen LogP contribution >= 0.6 is 0 Å². The molecule has 58 valence electrons. The zero-order valence-electron chi connectivity index (χ0n) is 6.15. The van der Waals surface area contributed by atoms with Crippen LogP contribution in [0.3, 0.4) is 0 Å². The van der Waals surface area contributed by atoms with Crippen molar-refractivity contribution in [3.63, 3.8) is 0 Å². The van der Waals surface area contributed by atoms with E-state index in [9.17, 15) is 9.59 Å². The van der Waals surface area contributed by atoms with Gasteiger partial charge < -0.3 is 4.57 Å². The maximum Gasteiger partial charge on any atom is 0.185 e. The topological polar surface area (TPSA) is 52.0 Å². The number of imidazole rings is 1. The fraction of sp³-hybridized carbons (Fsp3) is 0.286. The van der Waals surface area contributed by atoms with Gasteiger partial charge in [-0.1, -0.05) is 0 Å². The summed E-state index contributed by atoms with van der Waals surface area (Å²) in [4.78, 5) is 24.6. The average molecular weight is 152 g/mol. The lowest BCUT2D eigenvalue weighted by Gasteiger charge is -1.97. The van der Waals surface area contributed by atoms with E-state index in [1.54, 1.807) is 6.20 Å². The summed E-state index contributed by atoms with van der Waals surface area (Å²) >= 11 is 0. The van der Waals surface area contributed by atoms with Crippen LogP contribution in [-0.4, -0.2) is 21.6 Å². The number of aldehydes is 1. The molecule has 0 radical (unpaired) electrons. The number of hydrogen-bond donors (Lipinski definition) is 0. The van der Waals surface area contributed by atoms with E-state index in [4.69, 9.17) is 0 Å². The molecule has 0 saturated heterocycles. The van der Waals surface area contributed by atoms with Crippen molar-refractivity contribution in [1.29, 1.82) is 0 Å². The molecule has 0 saturated carbocycles. The highest BCUT2D eigenvalue weighted by Crippen LogP contribution is 1.93. The van der Waals surface area contributed by atoms with Crippen LogP contribution in [0.5, 0.6) is 0 Å². The Morgan fingerprint density at radius 1 is 1.82 bits per heavy atom. The van der Waals surface area contributed by atoms with Crippen molar-refractivity contribution in [2.24, 2.45) is 0 Å². The number of nitrogens with zero attached hydrogens (tertiary/aromatic N) is 2. The summed E-state index contributed by atoms with van der Waals surface area (Å²) in [5.74, 6) is 0.298. The predicted octanol–water partition coefficient (Wildman–Crippen LogP) is 0.285. The van der Waals surface area contributed by atoms with Crippen LogP contribution in [-0.2, 0) is 11.3 Å². The minimum atomic E-state index is 0.00565. The van der Waals surface area contributed by atoms with Crippen molar-refractivity contribution in [2.45, 2.75) is 13.5 Å². The van der Waals surface area contributed by atoms with Gasteiger partial charge in [0.2, 0.25) is 0 Å². The van der Waals surface area contributed by atoms with Gasteiger partial charge >= 0.3 is 0 Å². The highest BCUT2D eigenvalue weighted by molar-refractivity contribution is 5.77. The summed E-state index contributed by atoms with van der Waals surface area (Å²) in [5, 5.41) is 0. The standard InChI is InChI=1S/C7H8N2O2/c1-6(11)4-9-3-2-8-7(9)5-10/h2-3,5H,4H2,1H3. The highest BCUT2D eigenvalue weighted by atomic mass is 16.1. The first-order valence-electron chi connectivity index (χ1n) is 3.20. The van der Waals surface area contributed by atoms with E-state index in [0.29, 0.717) is 12.1 Å². The molecular weight excluding hydrogens is 144 g/mol. The smallest absolute Gasteiger partial charge is 0.185 e. The monoisotopic (exact) mass is 152 g/mol. The Morgan fingerprint density at radius 3 is 3.09 bits per heavy atom. The van der Waals surface area contributed by atoms with Crippen LogP contribution in [0.2, 0.25) is 0 Å². The van der Waals surface area contributed by atoms with Crippen LogP contribution < -0.4 is 0 Å². The molecule has 0 aliphatic carbocycles. The van der Waals surface area contributed by atoms with Crippen molar-refractivity contribution in [3.8, 4) is 0 Å². The number of hydrogen-bond acceptors (Lipinski definition) is 3. The second-order valence-electron chi connectivity index (χ2n) is 2.23. The molecule has 0 amide bonds. The molecule has 4 nitrogen and oxygen atoms in total. The molecular formula is C7H8N2O2. The van der Waals surface area contributed by atoms with Crippen LogP contribution in [0.4, 0.5) is 0 Å². The second kappa shape index (κ2) is 3.09. The van der Waals surface area contributed by atoms with Crippen LogP contribution in [0.1, 0.15) is 17.5 Å². The van der Waals surface area contributed by atoms with E-state index in [-0.39, 0.29) is 12.3 Å². The third kappa shape index (κ3) is 1.73. The summed E-state index contributed by atoms with van der Waals surface area (Å²) in [6.07, 6.45) is 3.72. The van der Waals surface area contributed by atoms with Gasteiger partial charge in [-0.05, 0) is 6.92 Å². The minimum Gasteiger partial charge on any atom is -0.321 e. The normalized spacial score (nSPS) is 9.55. The summed E-state index contributed by atoms with van der Waals surface area (Å²) in [7, 11) is 0. The molecule has 1 heterocycles. The van der Waals surface area contributed by atoms with E-state index in [2.05, 4.69) is 4.98 Å². The second-order valence-corrected chi connectivity index (χ2v) is 2.23. The van der Waals surface area contributed by atoms with Gasteiger partial charge in [-0.3, -0.25) is 9.59 Å². The first-order chi connectivity index (χ1) is 5.24. The Morgan fingerprint density at radius 2 is 2.55 bits per heavy atom. The summed E-state index contributed by atoms with van der Waals surface area (Å²) < 4.78 is 1.51. The lowest BCUT2D eigenvalue weighted by Crippen LogP contribution is -2.08. The quantitative estimate of drug-likeness (QED) is 0.585. The fourth-order valence-electron chi connectivity index (χ4n) is 0.812. The molecule has 0 aliphatic heterocycles. The fourth-order valence-corrected chi connectivity index (χ4v) is 0.812. The van der Waals surface area contributed by atoms with Crippen LogP contribution in [0.25, 0.3) is 0 Å². The lowest BCUT2D eigenvalue weighted by molar-refractivity contribution is -0.117. The molecule has 1 rings (SSSR count). The first kappa shape index (κ1) is 7.65. The Balaban J connectivity index is 2.84. The van der Waals surface area contributed by atoms with Gasteiger partial charge in [0.25, 0.3) is 0 Å². The first-order valence-corrected chi connectivity index (χ1v) is 3.20. The Hall–Kier alpha value is -1.45. The Labute approximate surface area is 63.9 Å².